The van der Waals surface area contributed by atoms with Gasteiger partial charge in [0.1, 0.15) is 0 Å². The number of nitrogens with one attached hydrogen (secondary N) is 3. The Labute approximate surface area is 146 Å². The maximum atomic E-state index is 4.66. The van der Waals surface area contributed by atoms with Crippen molar-refractivity contribution in [2.45, 2.75) is 59.0 Å². The molecule has 0 aromatic carbocycles. The van der Waals surface area contributed by atoms with Gasteiger partial charge < -0.3 is 10.6 Å². The number of nitrogens with zero attached hydrogens (tertiary/aromatic N) is 3. The fraction of sp³-hybridized carbons (Fsp3) is 0.778. The zero-order valence-corrected chi connectivity index (χ0v) is 15.5. The number of aromatic amines is 1. The lowest BCUT2D eigenvalue weighted by Gasteiger charge is -2.34. The van der Waals surface area contributed by atoms with E-state index in [1.165, 1.54) is 38.8 Å². The number of H-pyrrole nitrogens is 1. The van der Waals surface area contributed by atoms with E-state index in [0.717, 1.165) is 24.7 Å². The van der Waals surface area contributed by atoms with Gasteiger partial charge in [-0.25, -0.2) is 4.99 Å². The molecule has 0 saturated carbocycles. The van der Waals surface area contributed by atoms with Crippen LogP contribution in [0, 0.1) is 5.92 Å². The van der Waals surface area contributed by atoms with E-state index in [1.54, 1.807) is 6.20 Å². The van der Waals surface area contributed by atoms with Crippen LogP contribution in [0.5, 0.6) is 0 Å². The van der Waals surface area contributed by atoms with Crippen molar-refractivity contribution in [3.05, 3.63) is 18.0 Å². The Balaban J connectivity index is 1.92. The highest BCUT2D eigenvalue weighted by Gasteiger charge is 2.22. The maximum Gasteiger partial charge on any atom is 0.191 e. The zero-order chi connectivity index (χ0) is 17.2. The molecule has 1 unspecified atom stereocenters. The SMILES string of the molecule is CCNC(=NCc1ccn[nH]1)NCC(C(C)C)N1CCCCCC1. The van der Waals surface area contributed by atoms with Gasteiger partial charge in [0.25, 0.3) is 0 Å². The van der Waals surface area contributed by atoms with Crippen molar-refractivity contribution in [1.82, 2.24) is 25.7 Å². The predicted octanol–water partition coefficient (Wildman–Crippen LogP) is 2.37. The molecule has 0 bridgehead atoms. The lowest BCUT2D eigenvalue weighted by molar-refractivity contribution is 0.161. The van der Waals surface area contributed by atoms with Crippen molar-refractivity contribution in [2.75, 3.05) is 26.2 Å². The summed E-state index contributed by atoms with van der Waals surface area (Å²) >= 11 is 0. The number of aromatic nitrogens is 2. The Bertz CT molecular complexity index is 460. The third kappa shape index (κ3) is 6.15. The number of likely N-dealkylation sites (tertiary alicyclic amines) is 1. The summed E-state index contributed by atoms with van der Waals surface area (Å²) in [6, 6.07) is 2.51. The highest BCUT2D eigenvalue weighted by atomic mass is 15.2. The molecule has 2 rings (SSSR count). The molecule has 0 aliphatic carbocycles. The number of rotatable bonds is 7. The summed E-state index contributed by atoms with van der Waals surface area (Å²) in [5.41, 5.74) is 1.03. The van der Waals surface area contributed by atoms with Gasteiger partial charge in [0.05, 0.1) is 12.2 Å². The minimum absolute atomic E-state index is 0.555. The van der Waals surface area contributed by atoms with Gasteiger partial charge in [0, 0.05) is 25.3 Å². The topological polar surface area (TPSA) is 68.3 Å². The number of aliphatic imine (C=N–C) groups is 1. The van der Waals surface area contributed by atoms with E-state index in [0.29, 0.717) is 18.5 Å². The maximum absolute atomic E-state index is 4.66. The molecule has 2 heterocycles. The molecule has 1 aliphatic rings. The number of guanidine groups is 1. The Hall–Kier alpha value is -1.56. The Kier molecular flexibility index (Phi) is 8.08. The van der Waals surface area contributed by atoms with Crippen molar-refractivity contribution >= 4 is 5.96 Å². The van der Waals surface area contributed by atoms with E-state index in [4.69, 9.17) is 0 Å². The average Bonchev–Trinajstić information content (AvgIpc) is 2.94. The molecule has 1 aliphatic heterocycles. The normalized spacial score (nSPS) is 18.4. The van der Waals surface area contributed by atoms with Gasteiger partial charge in [-0.3, -0.25) is 10.00 Å². The third-order valence-corrected chi connectivity index (χ3v) is 4.67. The van der Waals surface area contributed by atoms with Crippen LogP contribution in [-0.4, -0.2) is 53.3 Å². The Morgan fingerprint density at radius 3 is 2.58 bits per heavy atom. The molecule has 6 heteroatoms. The minimum Gasteiger partial charge on any atom is -0.357 e. The van der Waals surface area contributed by atoms with E-state index < -0.39 is 0 Å². The first kappa shape index (κ1) is 18.8. The summed E-state index contributed by atoms with van der Waals surface area (Å²) in [6.45, 7) is 11.6. The summed E-state index contributed by atoms with van der Waals surface area (Å²) in [5, 5.41) is 13.8. The van der Waals surface area contributed by atoms with Gasteiger partial charge in [0.15, 0.2) is 5.96 Å². The lowest BCUT2D eigenvalue weighted by Crippen LogP contribution is -2.49. The molecular weight excluding hydrogens is 300 g/mol. The predicted molar refractivity (Wildman–Crippen MR) is 100 cm³/mol. The van der Waals surface area contributed by atoms with Gasteiger partial charge in [-0.05, 0) is 44.8 Å². The fourth-order valence-electron chi connectivity index (χ4n) is 3.29. The summed E-state index contributed by atoms with van der Waals surface area (Å²) in [6.07, 6.45) is 7.18. The molecule has 1 aromatic rings. The minimum atomic E-state index is 0.555. The van der Waals surface area contributed by atoms with Crippen molar-refractivity contribution in [2.24, 2.45) is 10.9 Å². The lowest BCUT2D eigenvalue weighted by atomic mass is 10.0. The van der Waals surface area contributed by atoms with E-state index in [1.807, 2.05) is 6.07 Å². The highest BCUT2D eigenvalue weighted by Crippen LogP contribution is 2.17. The molecule has 0 amide bonds. The molecule has 1 atom stereocenters. The van der Waals surface area contributed by atoms with Crippen molar-refractivity contribution < 1.29 is 0 Å². The Morgan fingerprint density at radius 2 is 2.00 bits per heavy atom. The smallest absolute Gasteiger partial charge is 0.191 e. The van der Waals surface area contributed by atoms with E-state index in [-0.39, 0.29) is 0 Å². The van der Waals surface area contributed by atoms with Crippen LogP contribution >= 0.6 is 0 Å². The largest absolute Gasteiger partial charge is 0.357 e. The van der Waals surface area contributed by atoms with Gasteiger partial charge in [-0.15, -0.1) is 0 Å². The van der Waals surface area contributed by atoms with E-state index >= 15 is 0 Å². The summed E-state index contributed by atoms with van der Waals surface area (Å²) in [5.74, 6) is 1.51. The van der Waals surface area contributed by atoms with Crippen LogP contribution in [0.15, 0.2) is 17.3 Å². The fourth-order valence-corrected chi connectivity index (χ4v) is 3.29. The van der Waals surface area contributed by atoms with Crippen LogP contribution in [0.4, 0.5) is 0 Å². The second-order valence-electron chi connectivity index (χ2n) is 6.92. The summed E-state index contributed by atoms with van der Waals surface area (Å²) in [4.78, 5) is 7.33. The van der Waals surface area contributed by atoms with Crippen LogP contribution in [0.1, 0.15) is 52.1 Å². The van der Waals surface area contributed by atoms with Gasteiger partial charge in [-0.2, -0.15) is 5.10 Å². The van der Waals surface area contributed by atoms with Crippen LogP contribution in [0.3, 0.4) is 0 Å². The van der Waals surface area contributed by atoms with Crippen LogP contribution in [0.25, 0.3) is 0 Å². The Morgan fingerprint density at radius 1 is 1.25 bits per heavy atom. The molecule has 1 aromatic heterocycles. The second-order valence-corrected chi connectivity index (χ2v) is 6.92. The molecular formula is C18H34N6. The molecule has 1 fully saturated rings. The summed E-state index contributed by atoms with van der Waals surface area (Å²) in [7, 11) is 0. The van der Waals surface area contributed by atoms with Crippen LogP contribution in [0.2, 0.25) is 0 Å². The molecule has 136 valence electrons. The molecule has 3 N–H and O–H groups in total. The van der Waals surface area contributed by atoms with Crippen molar-refractivity contribution in [3.63, 3.8) is 0 Å². The van der Waals surface area contributed by atoms with Crippen LogP contribution < -0.4 is 10.6 Å². The molecule has 0 spiro atoms. The summed E-state index contributed by atoms with van der Waals surface area (Å²) < 4.78 is 0. The molecule has 6 nitrogen and oxygen atoms in total. The van der Waals surface area contributed by atoms with Gasteiger partial charge in [0.2, 0.25) is 0 Å². The van der Waals surface area contributed by atoms with Gasteiger partial charge >= 0.3 is 0 Å². The first-order chi connectivity index (χ1) is 11.7. The van der Waals surface area contributed by atoms with Crippen molar-refractivity contribution in [1.29, 1.82) is 0 Å². The zero-order valence-electron chi connectivity index (χ0n) is 15.5. The van der Waals surface area contributed by atoms with Crippen molar-refractivity contribution in [3.8, 4) is 0 Å². The quantitative estimate of drug-likeness (QED) is 0.529. The van der Waals surface area contributed by atoms with Gasteiger partial charge in [-0.1, -0.05) is 26.7 Å². The van der Waals surface area contributed by atoms with E-state index in [9.17, 15) is 0 Å². The van der Waals surface area contributed by atoms with Crippen LogP contribution in [-0.2, 0) is 6.54 Å². The molecule has 1 saturated heterocycles. The molecule has 0 radical (unpaired) electrons. The highest BCUT2D eigenvalue weighted by molar-refractivity contribution is 5.79. The van der Waals surface area contributed by atoms with E-state index in [2.05, 4.69) is 51.5 Å². The first-order valence-corrected chi connectivity index (χ1v) is 9.45. The average molecular weight is 335 g/mol. The monoisotopic (exact) mass is 334 g/mol. The standard InChI is InChI=1S/C18H34N6/c1-4-19-18(20-13-16-9-10-22-23-16)21-14-17(15(2)3)24-11-7-5-6-8-12-24/h9-10,15,17H,4-8,11-14H2,1-3H3,(H,22,23)(H2,19,20,21). The second kappa shape index (κ2) is 10.3. The molecule has 24 heavy (non-hydrogen) atoms. The number of hydrogen-bond donors (Lipinski definition) is 3. The first-order valence-electron chi connectivity index (χ1n) is 9.45. The number of hydrogen-bond acceptors (Lipinski definition) is 3. The third-order valence-electron chi connectivity index (χ3n) is 4.67.